The van der Waals surface area contributed by atoms with Crippen LogP contribution in [-0.4, -0.2) is 19.9 Å². The van der Waals surface area contributed by atoms with Crippen molar-refractivity contribution in [1.82, 2.24) is 0 Å². The van der Waals surface area contributed by atoms with E-state index in [1.54, 1.807) is 0 Å². The maximum Gasteiger partial charge on any atom is 0.130 e. The molecule has 0 aliphatic heterocycles. The van der Waals surface area contributed by atoms with E-state index >= 15 is 0 Å². The van der Waals surface area contributed by atoms with Gasteiger partial charge in [-0.25, -0.2) is 0 Å². The molecule has 2 unspecified atom stereocenters. The Balaban J connectivity index is 2.33. The van der Waals surface area contributed by atoms with Crippen LogP contribution in [-0.2, 0) is 34.4 Å². The number of ether oxygens (including phenoxy) is 1. The second kappa shape index (κ2) is 15.4. The molecule has 0 amide bonds. The minimum absolute atomic E-state index is 0.710. The van der Waals surface area contributed by atoms with Crippen molar-refractivity contribution in [2.75, 3.05) is 11.5 Å². The van der Waals surface area contributed by atoms with Crippen LogP contribution in [0.3, 0.4) is 0 Å². The fourth-order valence-electron chi connectivity index (χ4n) is 3.62. The van der Waals surface area contributed by atoms with Gasteiger partial charge in [-0.05, 0) is 86.1 Å². The molecule has 0 fully saturated rings. The monoisotopic (exact) mass is 490 g/mol. The molecule has 0 saturated heterocycles. The Labute approximate surface area is 206 Å². The lowest BCUT2D eigenvalue weighted by atomic mass is 10.1. The second-order valence-electron chi connectivity index (χ2n) is 8.65. The Morgan fingerprint density at radius 3 is 1.36 bits per heavy atom. The van der Waals surface area contributed by atoms with E-state index in [4.69, 9.17) is 4.74 Å². The number of hydrogen-bond acceptors (Lipinski definition) is 3. The van der Waals surface area contributed by atoms with Crippen molar-refractivity contribution in [1.29, 1.82) is 0 Å². The van der Waals surface area contributed by atoms with Crippen molar-refractivity contribution in [2.45, 2.75) is 102 Å². The first-order chi connectivity index (χ1) is 16.0. The number of rotatable bonds is 16. The lowest BCUT2D eigenvalue weighted by Crippen LogP contribution is -2.02. The standard InChI is InChI=1S/C28H42O3S2/c1-5-9-13-23-21-25(32(29)19-11-7-3)15-17-27(23)31-28-18-16-26(33(30)20-12-8-4)22-24(28)14-10-6-2/h15-18,21-22H,5-14,19-20H2,1-4H3. The molecule has 2 aromatic carbocycles. The molecule has 33 heavy (non-hydrogen) atoms. The van der Waals surface area contributed by atoms with Crippen molar-refractivity contribution in [3.8, 4) is 11.5 Å². The summed E-state index contributed by atoms with van der Waals surface area (Å²) in [5.41, 5.74) is 2.24. The summed E-state index contributed by atoms with van der Waals surface area (Å²) in [5, 5.41) is 0. The van der Waals surface area contributed by atoms with Crippen LogP contribution in [0.2, 0.25) is 0 Å². The molecule has 0 aliphatic carbocycles. The van der Waals surface area contributed by atoms with Crippen molar-refractivity contribution in [3.63, 3.8) is 0 Å². The predicted octanol–water partition coefficient (Wildman–Crippen LogP) is 7.98. The molecule has 2 rings (SSSR count). The molecule has 0 radical (unpaired) electrons. The maximum atomic E-state index is 12.7. The van der Waals surface area contributed by atoms with Gasteiger partial charge in [-0.2, -0.15) is 0 Å². The molecule has 0 saturated carbocycles. The molecule has 2 atom stereocenters. The fourth-order valence-corrected chi connectivity index (χ4v) is 6.18. The van der Waals surface area contributed by atoms with E-state index in [0.717, 1.165) is 96.6 Å². The van der Waals surface area contributed by atoms with E-state index in [-0.39, 0.29) is 0 Å². The molecular weight excluding hydrogens is 448 g/mol. The van der Waals surface area contributed by atoms with Gasteiger partial charge in [0.25, 0.3) is 0 Å². The molecule has 0 bridgehead atoms. The smallest absolute Gasteiger partial charge is 0.130 e. The van der Waals surface area contributed by atoms with Gasteiger partial charge in [-0.15, -0.1) is 0 Å². The number of hydrogen-bond donors (Lipinski definition) is 0. The highest BCUT2D eigenvalue weighted by Gasteiger charge is 2.14. The normalized spacial score (nSPS) is 13.1. The molecule has 0 spiro atoms. The van der Waals surface area contributed by atoms with Gasteiger partial charge in [0.15, 0.2) is 0 Å². The zero-order valence-corrected chi connectivity index (χ0v) is 22.6. The van der Waals surface area contributed by atoms with Crippen molar-refractivity contribution < 1.29 is 13.2 Å². The highest BCUT2D eigenvalue weighted by atomic mass is 32.2. The van der Waals surface area contributed by atoms with Crippen LogP contribution in [0.1, 0.15) is 90.2 Å². The summed E-state index contributed by atoms with van der Waals surface area (Å²) in [4.78, 5) is 1.80. The average Bonchev–Trinajstić information content (AvgIpc) is 2.84. The van der Waals surface area contributed by atoms with Crippen LogP contribution in [0, 0.1) is 0 Å². The molecule has 0 heterocycles. The quantitative estimate of drug-likeness (QED) is 0.239. The Morgan fingerprint density at radius 1 is 0.606 bits per heavy atom. The average molecular weight is 491 g/mol. The van der Waals surface area contributed by atoms with E-state index in [1.165, 1.54) is 0 Å². The van der Waals surface area contributed by atoms with Gasteiger partial charge in [0.1, 0.15) is 11.5 Å². The number of unbranched alkanes of at least 4 members (excludes halogenated alkanes) is 4. The summed E-state index contributed by atoms with van der Waals surface area (Å²) in [6.45, 7) is 8.62. The van der Waals surface area contributed by atoms with Gasteiger partial charge < -0.3 is 4.74 Å². The van der Waals surface area contributed by atoms with Crippen molar-refractivity contribution in [2.24, 2.45) is 0 Å². The zero-order valence-electron chi connectivity index (χ0n) is 21.0. The van der Waals surface area contributed by atoms with Crippen LogP contribution in [0.25, 0.3) is 0 Å². The first kappa shape index (κ1) is 27.8. The molecule has 3 nitrogen and oxygen atoms in total. The zero-order chi connectivity index (χ0) is 24.1. The molecule has 184 valence electrons. The van der Waals surface area contributed by atoms with Crippen LogP contribution < -0.4 is 4.74 Å². The predicted molar refractivity (Wildman–Crippen MR) is 143 cm³/mol. The lowest BCUT2D eigenvalue weighted by Gasteiger charge is -2.16. The minimum atomic E-state index is -0.963. The Morgan fingerprint density at radius 2 is 1.00 bits per heavy atom. The van der Waals surface area contributed by atoms with Crippen LogP contribution in [0.15, 0.2) is 46.2 Å². The van der Waals surface area contributed by atoms with E-state index < -0.39 is 21.6 Å². The third kappa shape index (κ3) is 9.01. The summed E-state index contributed by atoms with van der Waals surface area (Å²) in [6.07, 6.45) is 10.2. The SMILES string of the molecule is CCCCc1cc(S(=O)CCCC)ccc1Oc1ccc(S(=O)CCCC)cc1CCCC. The van der Waals surface area contributed by atoms with Crippen molar-refractivity contribution >= 4 is 21.6 Å². The first-order valence-corrected chi connectivity index (χ1v) is 15.4. The highest BCUT2D eigenvalue weighted by molar-refractivity contribution is 7.85. The summed E-state index contributed by atoms with van der Waals surface area (Å²) in [6, 6.07) is 12.0. The number of benzene rings is 2. The van der Waals surface area contributed by atoms with E-state index in [2.05, 4.69) is 39.8 Å². The Bertz CT molecular complexity index is 835. The third-order valence-electron chi connectivity index (χ3n) is 5.78. The van der Waals surface area contributed by atoms with Gasteiger partial charge in [0, 0.05) is 21.3 Å². The molecule has 0 aliphatic rings. The largest absolute Gasteiger partial charge is 0.457 e. The van der Waals surface area contributed by atoms with Crippen LogP contribution >= 0.6 is 0 Å². The Hall–Kier alpha value is -1.46. The molecular formula is C28H42O3S2. The lowest BCUT2D eigenvalue weighted by molar-refractivity contribution is 0.466. The summed E-state index contributed by atoms with van der Waals surface area (Å²) in [5.74, 6) is 3.11. The van der Waals surface area contributed by atoms with Crippen molar-refractivity contribution in [3.05, 3.63) is 47.5 Å². The van der Waals surface area contributed by atoms with Gasteiger partial charge in [0.05, 0.1) is 21.6 Å². The minimum Gasteiger partial charge on any atom is -0.457 e. The van der Waals surface area contributed by atoms with Gasteiger partial charge in [-0.1, -0.05) is 53.4 Å². The molecule has 2 aromatic rings. The fraction of sp³-hybridized carbons (Fsp3) is 0.571. The molecule has 0 aromatic heterocycles. The topological polar surface area (TPSA) is 43.4 Å². The highest BCUT2D eigenvalue weighted by Crippen LogP contribution is 2.33. The van der Waals surface area contributed by atoms with E-state index in [1.807, 2.05) is 24.3 Å². The maximum absolute atomic E-state index is 12.7. The number of aryl methyl sites for hydroxylation is 2. The van der Waals surface area contributed by atoms with E-state index in [9.17, 15) is 8.42 Å². The van der Waals surface area contributed by atoms with E-state index in [0.29, 0.717) is 11.5 Å². The summed E-state index contributed by atoms with van der Waals surface area (Å²) in [7, 11) is -1.93. The van der Waals surface area contributed by atoms with Gasteiger partial charge in [0.2, 0.25) is 0 Å². The van der Waals surface area contributed by atoms with Crippen LogP contribution in [0.5, 0.6) is 11.5 Å². The third-order valence-corrected chi connectivity index (χ3v) is 8.65. The Kier molecular flexibility index (Phi) is 13.0. The van der Waals surface area contributed by atoms with Gasteiger partial charge in [-0.3, -0.25) is 8.42 Å². The summed E-state index contributed by atoms with van der Waals surface area (Å²) < 4.78 is 31.8. The second-order valence-corrected chi connectivity index (χ2v) is 11.8. The van der Waals surface area contributed by atoms with Gasteiger partial charge >= 0.3 is 0 Å². The first-order valence-electron chi connectivity index (χ1n) is 12.7. The summed E-state index contributed by atoms with van der Waals surface area (Å²) >= 11 is 0. The molecule has 5 heteroatoms. The molecule has 0 N–H and O–H groups in total. The van der Waals surface area contributed by atoms with Crippen LogP contribution in [0.4, 0.5) is 0 Å².